The van der Waals surface area contributed by atoms with Crippen LogP contribution in [0.25, 0.3) is 0 Å². The predicted molar refractivity (Wildman–Crippen MR) is 49.5 cm³/mol. The van der Waals surface area contributed by atoms with Gasteiger partial charge in [0.2, 0.25) is 0 Å². The summed E-state index contributed by atoms with van der Waals surface area (Å²) in [5, 5.41) is 3.35. The predicted octanol–water partition coefficient (Wildman–Crippen LogP) is 1.33. The Kier molecular flexibility index (Phi) is 2.66. The van der Waals surface area contributed by atoms with Crippen LogP contribution in [0.1, 0.15) is 18.4 Å². The Morgan fingerprint density at radius 3 is 2.69 bits per heavy atom. The van der Waals surface area contributed by atoms with Gasteiger partial charge in [0.05, 0.1) is 25.8 Å². The number of hydrogen-bond acceptors (Lipinski definition) is 3. The second-order valence-corrected chi connectivity index (χ2v) is 3.34. The zero-order valence-electron chi connectivity index (χ0n) is 7.88. The lowest BCUT2D eigenvalue weighted by Gasteiger charge is -2.26. The average molecular weight is 181 g/mol. The molecule has 0 bridgehead atoms. The summed E-state index contributed by atoms with van der Waals surface area (Å²) in [6.07, 6.45) is 0.965. The van der Waals surface area contributed by atoms with Crippen LogP contribution < -0.4 is 5.32 Å². The quantitative estimate of drug-likeness (QED) is 0.761. The summed E-state index contributed by atoms with van der Waals surface area (Å²) in [5.74, 6) is 2.07. The SMILES string of the molecule is CCc1ccc(CNC2COC2)o1. The van der Waals surface area contributed by atoms with Crippen molar-refractivity contribution in [1.82, 2.24) is 5.32 Å². The highest BCUT2D eigenvalue weighted by Crippen LogP contribution is 2.09. The van der Waals surface area contributed by atoms with Crippen LogP contribution in [0.15, 0.2) is 16.5 Å². The third-order valence-corrected chi connectivity index (χ3v) is 2.27. The van der Waals surface area contributed by atoms with Gasteiger partial charge in [0.25, 0.3) is 0 Å². The van der Waals surface area contributed by atoms with E-state index in [9.17, 15) is 0 Å². The van der Waals surface area contributed by atoms with E-state index in [0.717, 1.165) is 37.7 Å². The third kappa shape index (κ3) is 2.11. The fourth-order valence-corrected chi connectivity index (χ4v) is 1.31. The number of aryl methyl sites for hydroxylation is 1. The Labute approximate surface area is 78.1 Å². The van der Waals surface area contributed by atoms with E-state index in [0.29, 0.717) is 6.04 Å². The summed E-state index contributed by atoms with van der Waals surface area (Å²) >= 11 is 0. The first-order chi connectivity index (χ1) is 6.38. The summed E-state index contributed by atoms with van der Waals surface area (Å²) < 4.78 is 10.6. The molecule has 0 unspecified atom stereocenters. The Morgan fingerprint density at radius 2 is 2.15 bits per heavy atom. The third-order valence-electron chi connectivity index (χ3n) is 2.27. The van der Waals surface area contributed by atoms with Crippen LogP contribution >= 0.6 is 0 Å². The van der Waals surface area contributed by atoms with E-state index < -0.39 is 0 Å². The molecule has 1 aliphatic heterocycles. The fraction of sp³-hybridized carbons (Fsp3) is 0.600. The van der Waals surface area contributed by atoms with Crippen LogP contribution in [0.5, 0.6) is 0 Å². The maximum absolute atomic E-state index is 5.55. The average Bonchev–Trinajstić information content (AvgIpc) is 2.49. The molecule has 3 heteroatoms. The molecule has 0 spiro atoms. The Morgan fingerprint density at radius 1 is 1.38 bits per heavy atom. The minimum atomic E-state index is 0.523. The second-order valence-electron chi connectivity index (χ2n) is 3.34. The molecule has 1 saturated heterocycles. The van der Waals surface area contributed by atoms with Crippen molar-refractivity contribution >= 4 is 0 Å². The number of ether oxygens (including phenoxy) is 1. The Balaban J connectivity index is 1.79. The number of furan rings is 1. The molecule has 1 aliphatic rings. The van der Waals surface area contributed by atoms with Crippen LogP contribution in [-0.2, 0) is 17.7 Å². The van der Waals surface area contributed by atoms with Crippen molar-refractivity contribution in [2.24, 2.45) is 0 Å². The first-order valence-corrected chi connectivity index (χ1v) is 4.77. The van der Waals surface area contributed by atoms with E-state index in [2.05, 4.69) is 12.2 Å². The summed E-state index contributed by atoms with van der Waals surface area (Å²) in [4.78, 5) is 0. The molecule has 1 aromatic rings. The summed E-state index contributed by atoms with van der Waals surface area (Å²) in [5.41, 5.74) is 0. The lowest BCUT2D eigenvalue weighted by Crippen LogP contribution is -2.45. The summed E-state index contributed by atoms with van der Waals surface area (Å²) in [6.45, 7) is 4.58. The van der Waals surface area contributed by atoms with Gasteiger partial charge in [-0.05, 0) is 12.1 Å². The molecule has 72 valence electrons. The van der Waals surface area contributed by atoms with E-state index in [1.165, 1.54) is 0 Å². The molecule has 0 amide bonds. The Bertz CT molecular complexity index is 266. The van der Waals surface area contributed by atoms with Crippen molar-refractivity contribution in [3.05, 3.63) is 23.7 Å². The van der Waals surface area contributed by atoms with Crippen LogP contribution in [0.3, 0.4) is 0 Å². The molecule has 0 saturated carbocycles. The fourth-order valence-electron chi connectivity index (χ4n) is 1.31. The minimum Gasteiger partial charge on any atom is -0.465 e. The second kappa shape index (κ2) is 3.94. The first kappa shape index (κ1) is 8.78. The number of nitrogens with one attached hydrogen (secondary N) is 1. The molecule has 0 atom stereocenters. The minimum absolute atomic E-state index is 0.523. The van der Waals surface area contributed by atoms with Gasteiger partial charge in [-0.15, -0.1) is 0 Å². The summed E-state index contributed by atoms with van der Waals surface area (Å²) in [7, 11) is 0. The zero-order valence-corrected chi connectivity index (χ0v) is 7.88. The molecule has 0 radical (unpaired) electrons. The molecule has 3 nitrogen and oxygen atoms in total. The molecule has 0 aliphatic carbocycles. The lowest BCUT2D eigenvalue weighted by molar-refractivity contribution is -0.00644. The van der Waals surface area contributed by atoms with Crippen molar-refractivity contribution < 1.29 is 9.15 Å². The van der Waals surface area contributed by atoms with E-state index in [1.807, 2.05) is 12.1 Å². The van der Waals surface area contributed by atoms with Gasteiger partial charge in [-0.1, -0.05) is 6.92 Å². The van der Waals surface area contributed by atoms with Gasteiger partial charge in [0.1, 0.15) is 11.5 Å². The normalized spacial score (nSPS) is 17.3. The zero-order chi connectivity index (χ0) is 9.10. The van der Waals surface area contributed by atoms with Crippen molar-refractivity contribution in [3.8, 4) is 0 Å². The molecule has 2 rings (SSSR count). The smallest absolute Gasteiger partial charge is 0.117 e. The Hall–Kier alpha value is -0.800. The van der Waals surface area contributed by atoms with Gasteiger partial charge in [0, 0.05) is 6.42 Å². The van der Waals surface area contributed by atoms with E-state index >= 15 is 0 Å². The molecule has 1 aromatic heterocycles. The largest absolute Gasteiger partial charge is 0.465 e. The highest BCUT2D eigenvalue weighted by molar-refractivity contribution is 5.06. The molecule has 13 heavy (non-hydrogen) atoms. The maximum atomic E-state index is 5.55. The molecular formula is C10H15NO2. The molecule has 1 N–H and O–H groups in total. The van der Waals surface area contributed by atoms with E-state index in [1.54, 1.807) is 0 Å². The van der Waals surface area contributed by atoms with Crippen molar-refractivity contribution in [2.45, 2.75) is 25.9 Å². The number of rotatable bonds is 4. The molecule has 2 heterocycles. The van der Waals surface area contributed by atoms with Gasteiger partial charge >= 0.3 is 0 Å². The van der Waals surface area contributed by atoms with Crippen LogP contribution in [0, 0.1) is 0 Å². The monoisotopic (exact) mass is 181 g/mol. The van der Waals surface area contributed by atoms with Gasteiger partial charge in [0.15, 0.2) is 0 Å². The van der Waals surface area contributed by atoms with Gasteiger partial charge in [-0.3, -0.25) is 0 Å². The number of hydrogen-bond donors (Lipinski definition) is 1. The molecule has 1 fully saturated rings. The highest BCUT2D eigenvalue weighted by Gasteiger charge is 2.17. The molecule has 0 aromatic carbocycles. The topological polar surface area (TPSA) is 34.4 Å². The van der Waals surface area contributed by atoms with Crippen LogP contribution in [0.4, 0.5) is 0 Å². The molecular weight excluding hydrogens is 166 g/mol. The van der Waals surface area contributed by atoms with Crippen LogP contribution in [0.2, 0.25) is 0 Å². The summed E-state index contributed by atoms with van der Waals surface area (Å²) in [6, 6.07) is 4.59. The van der Waals surface area contributed by atoms with Gasteiger partial charge in [-0.2, -0.15) is 0 Å². The lowest BCUT2D eigenvalue weighted by atomic mass is 10.2. The first-order valence-electron chi connectivity index (χ1n) is 4.77. The maximum Gasteiger partial charge on any atom is 0.117 e. The van der Waals surface area contributed by atoms with Crippen molar-refractivity contribution in [1.29, 1.82) is 0 Å². The van der Waals surface area contributed by atoms with Crippen molar-refractivity contribution in [2.75, 3.05) is 13.2 Å². The van der Waals surface area contributed by atoms with E-state index in [4.69, 9.17) is 9.15 Å². The standard InChI is InChI=1S/C10H15NO2/c1-2-9-3-4-10(13-9)5-11-8-6-12-7-8/h3-4,8,11H,2,5-7H2,1H3. The highest BCUT2D eigenvalue weighted by atomic mass is 16.5. The van der Waals surface area contributed by atoms with Crippen molar-refractivity contribution in [3.63, 3.8) is 0 Å². The van der Waals surface area contributed by atoms with Gasteiger partial charge < -0.3 is 14.5 Å². The van der Waals surface area contributed by atoms with Crippen LogP contribution in [-0.4, -0.2) is 19.3 Å². The van der Waals surface area contributed by atoms with E-state index in [-0.39, 0.29) is 0 Å². The van der Waals surface area contributed by atoms with Gasteiger partial charge in [-0.25, -0.2) is 0 Å².